The van der Waals surface area contributed by atoms with E-state index in [1.54, 1.807) is 0 Å². The van der Waals surface area contributed by atoms with Crippen LogP contribution in [0.4, 0.5) is 35.1 Å². The molecule has 2 aromatic carbocycles. The molecule has 258 valence electrons. The summed E-state index contributed by atoms with van der Waals surface area (Å²) in [7, 11) is 0. The fourth-order valence-electron chi connectivity index (χ4n) is 6.08. The van der Waals surface area contributed by atoms with Gasteiger partial charge in [-0.05, 0) is 99.6 Å². The maximum atomic E-state index is 13.1. The third kappa shape index (κ3) is 12.9. The Balaban J connectivity index is 0.000000257. The van der Waals surface area contributed by atoms with Gasteiger partial charge >= 0.3 is 18.3 Å². The lowest BCUT2D eigenvalue weighted by Gasteiger charge is -2.25. The Morgan fingerprint density at radius 2 is 1.02 bits per heavy atom. The molecule has 0 N–H and O–H groups in total. The lowest BCUT2D eigenvalue weighted by Crippen LogP contribution is -2.33. The molecule has 0 aromatic heterocycles. The Bertz CT molecular complexity index is 1310. The summed E-state index contributed by atoms with van der Waals surface area (Å²) in [4.78, 5) is 0. The summed E-state index contributed by atoms with van der Waals surface area (Å²) in [6, 6.07) is 9.18. The van der Waals surface area contributed by atoms with Gasteiger partial charge < -0.3 is 0 Å². The molecule has 0 aliphatic heterocycles. The minimum Gasteiger partial charge on any atom is -0.191 e. The van der Waals surface area contributed by atoms with Crippen molar-refractivity contribution in [3.8, 4) is 23.7 Å². The van der Waals surface area contributed by atoms with Gasteiger partial charge in [-0.1, -0.05) is 88.2 Å². The predicted molar refractivity (Wildman–Crippen MR) is 172 cm³/mol. The molecule has 47 heavy (non-hydrogen) atoms. The van der Waals surface area contributed by atoms with Crippen molar-refractivity contribution in [2.24, 2.45) is 23.7 Å². The van der Waals surface area contributed by atoms with Gasteiger partial charge in [-0.2, -0.15) is 35.1 Å². The summed E-state index contributed by atoms with van der Waals surface area (Å²) in [5.74, 6) is 9.70. The number of rotatable bonds is 7. The van der Waals surface area contributed by atoms with Crippen molar-refractivity contribution in [1.82, 2.24) is 0 Å². The van der Waals surface area contributed by atoms with E-state index < -0.39 is 29.4 Å². The molecule has 2 fully saturated rings. The average molecular weight is 667 g/mol. The minimum absolute atomic E-state index is 0.285. The molecular weight excluding hydrogens is 620 g/mol. The number of unbranched alkanes of at least 4 members (excludes halogenated alkanes) is 4. The van der Waals surface area contributed by atoms with Crippen molar-refractivity contribution in [3.05, 3.63) is 70.8 Å². The van der Waals surface area contributed by atoms with Crippen molar-refractivity contribution in [2.45, 2.75) is 122 Å². The summed E-state index contributed by atoms with van der Waals surface area (Å²) in [5.41, 5.74) is -0.541. The fourth-order valence-corrected chi connectivity index (χ4v) is 6.08. The Kier molecular flexibility index (Phi) is 14.7. The molecule has 0 heterocycles. The van der Waals surface area contributed by atoms with E-state index in [1.807, 2.05) is 0 Å². The minimum atomic E-state index is -5.58. The van der Waals surface area contributed by atoms with Crippen molar-refractivity contribution in [2.75, 3.05) is 0 Å². The van der Waals surface area contributed by atoms with Crippen LogP contribution < -0.4 is 0 Å². The first-order chi connectivity index (χ1) is 22.2. The molecule has 0 spiro atoms. The Morgan fingerprint density at radius 3 is 1.47 bits per heavy atom. The van der Waals surface area contributed by atoms with Crippen LogP contribution in [-0.2, 0) is 12.1 Å². The van der Waals surface area contributed by atoms with Crippen molar-refractivity contribution in [3.63, 3.8) is 0 Å². The molecular formula is C39H46F8. The van der Waals surface area contributed by atoms with Crippen LogP contribution in [0.15, 0.2) is 48.5 Å². The van der Waals surface area contributed by atoms with Crippen molar-refractivity contribution in [1.29, 1.82) is 0 Å². The van der Waals surface area contributed by atoms with Gasteiger partial charge in [-0.25, -0.2) is 0 Å². The number of halogens is 8. The second-order valence-corrected chi connectivity index (χ2v) is 13.1. The van der Waals surface area contributed by atoms with E-state index in [1.165, 1.54) is 75.6 Å². The highest BCUT2D eigenvalue weighted by atomic mass is 19.4. The molecule has 2 aliphatic carbocycles. The summed E-state index contributed by atoms with van der Waals surface area (Å²) in [6.45, 7) is 4.44. The molecule has 2 aromatic rings. The summed E-state index contributed by atoms with van der Waals surface area (Å²) < 4.78 is 101. The second kappa shape index (κ2) is 18.0. The monoisotopic (exact) mass is 666 g/mol. The zero-order valence-corrected chi connectivity index (χ0v) is 27.4. The van der Waals surface area contributed by atoms with E-state index in [0.29, 0.717) is 23.0 Å². The van der Waals surface area contributed by atoms with Gasteiger partial charge in [-0.15, -0.1) is 0 Å². The highest BCUT2D eigenvalue weighted by Gasteiger charge is 2.58. The van der Waals surface area contributed by atoms with E-state index in [0.717, 1.165) is 68.7 Å². The van der Waals surface area contributed by atoms with Crippen LogP contribution >= 0.6 is 0 Å². The van der Waals surface area contributed by atoms with Gasteiger partial charge in [0.15, 0.2) is 0 Å². The third-order valence-electron chi connectivity index (χ3n) is 9.24. The average Bonchev–Trinajstić information content (AvgIpc) is 3.04. The van der Waals surface area contributed by atoms with Gasteiger partial charge in [0.2, 0.25) is 0 Å². The normalized spacial score (nSPS) is 21.7. The lowest BCUT2D eigenvalue weighted by molar-refractivity contribution is -0.289. The number of alkyl halides is 8. The van der Waals surface area contributed by atoms with Gasteiger partial charge in [0.25, 0.3) is 0 Å². The van der Waals surface area contributed by atoms with E-state index >= 15 is 0 Å². The molecule has 0 unspecified atom stereocenters. The number of hydrogen-bond donors (Lipinski definition) is 0. The van der Waals surface area contributed by atoms with Crippen LogP contribution in [0.1, 0.15) is 126 Å². The van der Waals surface area contributed by atoms with Crippen LogP contribution in [0.3, 0.4) is 0 Å². The first kappa shape index (κ1) is 38.4. The van der Waals surface area contributed by atoms with E-state index in [-0.39, 0.29) is 5.92 Å². The fraction of sp³-hybridized carbons (Fsp3) is 0.590. The highest BCUT2D eigenvalue weighted by molar-refractivity contribution is 5.38. The summed E-state index contributed by atoms with van der Waals surface area (Å²) in [5, 5.41) is 0. The quantitative estimate of drug-likeness (QED) is 0.157. The Hall–Kier alpha value is -3.00. The van der Waals surface area contributed by atoms with Gasteiger partial charge in [0.05, 0.1) is 5.56 Å². The largest absolute Gasteiger partial charge is 0.458 e. The maximum Gasteiger partial charge on any atom is 0.458 e. The SMILES string of the molecule is CC1CCC(C#Cc2ccc(C(F)(F)C(F)(F)F)cc2)CC1.CCCCCCCC1CCC(C#Cc2ccc(C(F)(F)F)cc2)CC1. The van der Waals surface area contributed by atoms with Crippen LogP contribution in [0.2, 0.25) is 0 Å². The molecule has 4 rings (SSSR count). The molecule has 2 saturated carbocycles. The van der Waals surface area contributed by atoms with Gasteiger partial charge in [0, 0.05) is 28.5 Å². The maximum absolute atomic E-state index is 13.1. The first-order valence-corrected chi connectivity index (χ1v) is 16.9. The molecule has 0 nitrogen and oxygen atoms in total. The van der Waals surface area contributed by atoms with Crippen LogP contribution in [0.5, 0.6) is 0 Å². The van der Waals surface area contributed by atoms with E-state index in [2.05, 4.69) is 37.5 Å². The van der Waals surface area contributed by atoms with Crippen LogP contribution in [0, 0.1) is 47.4 Å². The second-order valence-electron chi connectivity index (χ2n) is 13.1. The van der Waals surface area contributed by atoms with E-state index in [4.69, 9.17) is 0 Å². The van der Waals surface area contributed by atoms with Crippen molar-refractivity contribution >= 4 is 0 Å². The summed E-state index contributed by atoms with van der Waals surface area (Å²) >= 11 is 0. The lowest BCUT2D eigenvalue weighted by atomic mass is 9.80. The first-order valence-electron chi connectivity index (χ1n) is 16.9. The standard InChI is InChI=1S/C22H29F3.C17H17F5/c1-2-3-4-5-6-7-18-8-10-19(11-9-18)12-13-20-14-16-21(17-15-20)22(23,24)25;1-12-2-4-13(5-3-12)6-7-14-8-10-15(11-9-14)16(18,19)17(20,21)22/h14-19H,2-11H2,1H3;8-13H,2-5H2,1H3. The molecule has 0 atom stereocenters. The van der Waals surface area contributed by atoms with Crippen LogP contribution in [-0.4, -0.2) is 6.18 Å². The zero-order valence-electron chi connectivity index (χ0n) is 27.4. The Morgan fingerprint density at radius 1 is 0.574 bits per heavy atom. The third-order valence-corrected chi connectivity index (χ3v) is 9.24. The number of hydrogen-bond acceptors (Lipinski definition) is 0. The number of benzene rings is 2. The molecule has 0 bridgehead atoms. The van der Waals surface area contributed by atoms with Gasteiger partial charge in [0.1, 0.15) is 0 Å². The molecule has 8 heteroatoms. The molecule has 0 amide bonds. The van der Waals surface area contributed by atoms with E-state index in [9.17, 15) is 35.1 Å². The van der Waals surface area contributed by atoms with Crippen LogP contribution in [0.25, 0.3) is 0 Å². The predicted octanol–water partition coefficient (Wildman–Crippen LogP) is 12.7. The summed E-state index contributed by atoms with van der Waals surface area (Å²) in [6.07, 6.45) is 7.25. The zero-order chi connectivity index (χ0) is 34.5. The highest BCUT2D eigenvalue weighted by Crippen LogP contribution is 2.43. The smallest absolute Gasteiger partial charge is 0.191 e. The molecule has 0 radical (unpaired) electrons. The molecule has 2 aliphatic rings. The van der Waals surface area contributed by atoms with Crippen molar-refractivity contribution < 1.29 is 35.1 Å². The molecule has 0 saturated heterocycles. The van der Waals surface area contributed by atoms with Gasteiger partial charge in [-0.3, -0.25) is 0 Å². The topological polar surface area (TPSA) is 0 Å². The Labute approximate surface area is 275 Å².